The SMILES string of the molecule is Cn1cc(NC(=O)c2ccn[nH]2)cc(Br)c1=O. The van der Waals surface area contributed by atoms with Crippen LogP contribution in [0.15, 0.2) is 33.8 Å². The van der Waals surface area contributed by atoms with E-state index in [9.17, 15) is 9.59 Å². The van der Waals surface area contributed by atoms with Crippen molar-refractivity contribution in [3.05, 3.63) is 45.0 Å². The van der Waals surface area contributed by atoms with Crippen LogP contribution in [0.2, 0.25) is 0 Å². The van der Waals surface area contributed by atoms with Gasteiger partial charge in [0.2, 0.25) is 0 Å². The van der Waals surface area contributed by atoms with Crippen LogP contribution in [0, 0.1) is 0 Å². The smallest absolute Gasteiger partial charge is 0.273 e. The summed E-state index contributed by atoms with van der Waals surface area (Å²) in [5.41, 5.74) is 0.720. The van der Waals surface area contributed by atoms with Gasteiger partial charge in [0.25, 0.3) is 11.5 Å². The van der Waals surface area contributed by atoms with E-state index in [-0.39, 0.29) is 11.5 Å². The number of amides is 1. The number of nitrogens with one attached hydrogen (secondary N) is 2. The Hall–Kier alpha value is -1.89. The molecule has 7 heteroatoms. The van der Waals surface area contributed by atoms with Crippen LogP contribution in [0.4, 0.5) is 5.69 Å². The number of nitrogens with zero attached hydrogens (tertiary/aromatic N) is 2. The average Bonchev–Trinajstić information content (AvgIpc) is 2.79. The van der Waals surface area contributed by atoms with Crippen LogP contribution in [0.5, 0.6) is 0 Å². The first-order chi connectivity index (χ1) is 8.08. The summed E-state index contributed by atoms with van der Waals surface area (Å²) < 4.78 is 1.77. The Kier molecular flexibility index (Phi) is 3.10. The summed E-state index contributed by atoms with van der Waals surface area (Å²) in [7, 11) is 1.61. The maximum absolute atomic E-state index is 11.7. The molecule has 0 spiro atoms. The number of aromatic nitrogens is 3. The number of aryl methyl sites for hydroxylation is 1. The van der Waals surface area contributed by atoms with Crippen LogP contribution in [-0.4, -0.2) is 20.7 Å². The summed E-state index contributed by atoms with van der Waals surface area (Å²) in [6.45, 7) is 0. The van der Waals surface area contributed by atoms with Crippen molar-refractivity contribution in [2.45, 2.75) is 0 Å². The zero-order valence-corrected chi connectivity index (χ0v) is 10.5. The second-order valence-corrected chi connectivity index (χ2v) is 4.27. The Morgan fingerprint density at radius 2 is 2.35 bits per heavy atom. The highest BCUT2D eigenvalue weighted by Crippen LogP contribution is 2.12. The summed E-state index contributed by atoms with van der Waals surface area (Å²) in [6, 6.07) is 3.11. The fourth-order valence-electron chi connectivity index (χ4n) is 1.32. The second kappa shape index (κ2) is 4.54. The Morgan fingerprint density at radius 3 is 2.94 bits per heavy atom. The van der Waals surface area contributed by atoms with E-state index in [1.54, 1.807) is 25.4 Å². The predicted molar refractivity (Wildman–Crippen MR) is 65.9 cm³/mol. The monoisotopic (exact) mass is 296 g/mol. The Balaban J connectivity index is 2.25. The van der Waals surface area contributed by atoms with Gasteiger partial charge in [0, 0.05) is 19.4 Å². The predicted octanol–water partition coefficient (Wildman–Crippen LogP) is 1.12. The molecule has 0 saturated heterocycles. The lowest BCUT2D eigenvalue weighted by Crippen LogP contribution is -2.19. The average molecular weight is 297 g/mol. The van der Waals surface area contributed by atoms with E-state index in [4.69, 9.17) is 0 Å². The standard InChI is InChI=1S/C10H9BrN4O2/c1-15-5-6(4-7(11)10(15)17)13-9(16)8-2-3-12-14-8/h2-5H,1H3,(H,12,14)(H,13,16). The summed E-state index contributed by atoms with van der Waals surface area (Å²) in [5, 5.41) is 8.89. The number of rotatable bonds is 2. The zero-order valence-electron chi connectivity index (χ0n) is 8.90. The van der Waals surface area contributed by atoms with Crippen molar-refractivity contribution in [3.63, 3.8) is 0 Å². The lowest BCUT2D eigenvalue weighted by molar-refractivity contribution is 0.102. The molecule has 0 fully saturated rings. The number of H-pyrrole nitrogens is 1. The third-order valence-electron chi connectivity index (χ3n) is 2.14. The van der Waals surface area contributed by atoms with Crippen LogP contribution in [0.3, 0.4) is 0 Å². The molecule has 88 valence electrons. The fourth-order valence-corrected chi connectivity index (χ4v) is 1.85. The van der Waals surface area contributed by atoms with Gasteiger partial charge in [-0.15, -0.1) is 0 Å². The molecule has 2 aromatic rings. The molecule has 0 unspecified atom stereocenters. The van der Waals surface area contributed by atoms with Crippen molar-refractivity contribution in [1.29, 1.82) is 0 Å². The molecule has 0 saturated carbocycles. The minimum absolute atomic E-state index is 0.162. The quantitative estimate of drug-likeness (QED) is 0.872. The molecule has 2 rings (SSSR count). The first-order valence-electron chi connectivity index (χ1n) is 4.75. The van der Waals surface area contributed by atoms with Crippen molar-refractivity contribution in [2.75, 3.05) is 5.32 Å². The molecule has 0 aromatic carbocycles. The minimum Gasteiger partial charge on any atom is -0.319 e. The summed E-state index contributed by atoms with van der Waals surface area (Å²) >= 11 is 3.13. The van der Waals surface area contributed by atoms with E-state index in [2.05, 4.69) is 31.4 Å². The van der Waals surface area contributed by atoms with E-state index < -0.39 is 0 Å². The molecular formula is C10H9BrN4O2. The second-order valence-electron chi connectivity index (χ2n) is 3.42. The topological polar surface area (TPSA) is 79.8 Å². The molecule has 0 atom stereocenters. The molecule has 0 aliphatic rings. The van der Waals surface area contributed by atoms with Gasteiger partial charge in [-0.1, -0.05) is 0 Å². The Bertz CT molecular complexity index is 577. The van der Waals surface area contributed by atoms with E-state index in [1.165, 1.54) is 10.8 Å². The molecule has 2 aromatic heterocycles. The number of hydrogen-bond donors (Lipinski definition) is 2. The van der Waals surface area contributed by atoms with Crippen molar-refractivity contribution in [3.8, 4) is 0 Å². The van der Waals surface area contributed by atoms with Crippen LogP contribution < -0.4 is 10.9 Å². The Labute approximate surface area is 105 Å². The molecular weight excluding hydrogens is 288 g/mol. The van der Waals surface area contributed by atoms with Gasteiger partial charge in [-0.2, -0.15) is 5.10 Å². The first kappa shape index (κ1) is 11.6. The van der Waals surface area contributed by atoms with E-state index in [0.29, 0.717) is 15.9 Å². The van der Waals surface area contributed by atoms with Crippen molar-refractivity contribution in [2.24, 2.45) is 7.05 Å². The third kappa shape index (κ3) is 2.44. The molecule has 0 radical (unpaired) electrons. The molecule has 17 heavy (non-hydrogen) atoms. The van der Waals surface area contributed by atoms with E-state index in [0.717, 1.165) is 0 Å². The molecule has 1 amide bonds. The van der Waals surface area contributed by atoms with Crippen LogP contribution >= 0.6 is 15.9 Å². The normalized spacial score (nSPS) is 10.2. The highest BCUT2D eigenvalue weighted by atomic mass is 79.9. The fraction of sp³-hybridized carbons (Fsp3) is 0.100. The zero-order chi connectivity index (χ0) is 12.4. The number of halogens is 1. The van der Waals surface area contributed by atoms with Gasteiger partial charge in [0.1, 0.15) is 5.69 Å². The maximum atomic E-state index is 11.7. The van der Waals surface area contributed by atoms with E-state index >= 15 is 0 Å². The van der Waals surface area contributed by atoms with Gasteiger partial charge in [0.15, 0.2) is 0 Å². The summed E-state index contributed by atoms with van der Waals surface area (Å²) in [5.74, 6) is -0.312. The van der Waals surface area contributed by atoms with Gasteiger partial charge in [-0.25, -0.2) is 0 Å². The number of carbonyl (C=O) groups is 1. The number of pyridine rings is 1. The van der Waals surface area contributed by atoms with Crippen LogP contribution in [0.25, 0.3) is 0 Å². The molecule has 2 N–H and O–H groups in total. The highest BCUT2D eigenvalue weighted by Gasteiger charge is 2.08. The first-order valence-corrected chi connectivity index (χ1v) is 5.54. The van der Waals surface area contributed by atoms with Crippen molar-refractivity contribution >= 4 is 27.5 Å². The number of carbonyl (C=O) groups excluding carboxylic acids is 1. The van der Waals surface area contributed by atoms with E-state index in [1.807, 2.05) is 0 Å². The van der Waals surface area contributed by atoms with Crippen molar-refractivity contribution < 1.29 is 4.79 Å². The minimum atomic E-state index is -0.312. The summed E-state index contributed by atoms with van der Waals surface area (Å²) in [4.78, 5) is 23.1. The molecule has 0 aliphatic heterocycles. The largest absolute Gasteiger partial charge is 0.319 e. The van der Waals surface area contributed by atoms with Gasteiger partial charge >= 0.3 is 0 Å². The van der Waals surface area contributed by atoms with Gasteiger partial charge in [0.05, 0.1) is 10.2 Å². The van der Waals surface area contributed by atoms with Gasteiger partial charge in [-0.3, -0.25) is 14.7 Å². The van der Waals surface area contributed by atoms with Crippen LogP contribution in [0.1, 0.15) is 10.5 Å². The molecule has 6 nitrogen and oxygen atoms in total. The lowest BCUT2D eigenvalue weighted by Gasteiger charge is -2.06. The molecule has 0 aliphatic carbocycles. The lowest BCUT2D eigenvalue weighted by atomic mass is 10.3. The third-order valence-corrected chi connectivity index (χ3v) is 2.71. The Morgan fingerprint density at radius 1 is 1.59 bits per heavy atom. The maximum Gasteiger partial charge on any atom is 0.273 e. The number of aromatic amines is 1. The number of hydrogen-bond acceptors (Lipinski definition) is 3. The van der Waals surface area contributed by atoms with Gasteiger partial charge < -0.3 is 9.88 Å². The summed E-state index contributed by atoms with van der Waals surface area (Å²) in [6.07, 6.45) is 3.03. The highest BCUT2D eigenvalue weighted by molar-refractivity contribution is 9.10. The van der Waals surface area contributed by atoms with Gasteiger partial charge in [-0.05, 0) is 28.1 Å². The molecule has 2 heterocycles. The number of anilines is 1. The van der Waals surface area contributed by atoms with Crippen LogP contribution in [-0.2, 0) is 7.05 Å². The van der Waals surface area contributed by atoms with Crippen molar-refractivity contribution in [1.82, 2.24) is 14.8 Å². The molecule has 0 bridgehead atoms.